The monoisotopic (exact) mass is 367 g/mol. The number of benzene rings is 1. The Balaban J connectivity index is 1.82. The maximum atomic E-state index is 13.7. The Hall–Kier alpha value is -2.77. The molecule has 1 amide bonds. The molecule has 3 heterocycles. The molecule has 1 aromatic heterocycles. The first kappa shape index (κ1) is 17.6. The van der Waals surface area contributed by atoms with Gasteiger partial charge in [0.2, 0.25) is 5.60 Å². The fourth-order valence-corrected chi connectivity index (χ4v) is 3.77. The van der Waals surface area contributed by atoms with Crippen LogP contribution in [0.4, 0.5) is 5.69 Å². The van der Waals surface area contributed by atoms with E-state index in [1.54, 1.807) is 17.4 Å². The number of para-hydroxylation sites is 1. The quantitative estimate of drug-likeness (QED) is 0.766. The van der Waals surface area contributed by atoms with E-state index < -0.39 is 11.6 Å². The van der Waals surface area contributed by atoms with E-state index in [4.69, 9.17) is 9.47 Å². The van der Waals surface area contributed by atoms with Gasteiger partial charge in [0.15, 0.2) is 0 Å². The normalized spacial score (nSPS) is 22.6. The standard InChI is InChI=1S/C20H21N3O4/c1-15(24)27-20(14-16-6-8-21-9-7-16)17-4-2-3-5-18(17)23(19(20)25)22-10-12-26-13-11-22/h2-9H,10-14H2,1H3. The van der Waals surface area contributed by atoms with Gasteiger partial charge >= 0.3 is 5.97 Å². The summed E-state index contributed by atoms with van der Waals surface area (Å²) < 4.78 is 11.2. The summed E-state index contributed by atoms with van der Waals surface area (Å²) in [5.41, 5.74) is 0.939. The van der Waals surface area contributed by atoms with Crippen molar-refractivity contribution in [2.24, 2.45) is 0 Å². The Bertz CT molecular complexity index is 851. The van der Waals surface area contributed by atoms with Crippen LogP contribution in [0.1, 0.15) is 18.1 Å². The molecule has 140 valence electrons. The number of rotatable bonds is 4. The predicted octanol–water partition coefficient (Wildman–Crippen LogP) is 1.68. The number of esters is 1. The Labute approximate surface area is 157 Å². The van der Waals surface area contributed by atoms with Crippen LogP contribution in [-0.4, -0.2) is 48.2 Å². The maximum absolute atomic E-state index is 13.7. The summed E-state index contributed by atoms with van der Waals surface area (Å²) in [6.45, 7) is 3.65. The van der Waals surface area contributed by atoms with Gasteiger partial charge in [-0.1, -0.05) is 18.2 Å². The van der Waals surface area contributed by atoms with Gasteiger partial charge in [-0.15, -0.1) is 0 Å². The van der Waals surface area contributed by atoms with Crippen LogP contribution in [-0.2, 0) is 31.1 Å². The van der Waals surface area contributed by atoms with E-state index in [0.29, 0.717) is 31.9 Å². The molecule has 1 atom stereocenters. The molecule has 2 aliphatic heterocycles. The van der Waals surface area contributed by atoms with Crippen LogP contribution in [0.3, 0.4) is 0 Å². The minimum absolute atomic E-state index is 0.252. The average Bonchev–Trinajstić information content (AvgIpc) is 2.91. The number of carbonyl (C=O) groups excluding carboxylic acids is 2. The van der Waals surface area contributed by atoms with Gasteiger partial charge in [0.05, 0.1) is 18.9 Å². The van der Waals surface area contributed by atoms with Crippen LogP contribution in [0.25, 0.3) is 0 Å². The molecule has 0 N–H and O–H groups in total. The third kappa shape index (κ3) is 3.09. The van der Waals surface area contributed by atoms with Crippen LogP contribution in [0.2, 0.25) is 0 Å². The first-order chi connectivity index (χ1) is 13.1. The van der Waals surface area contributed by atoms with Crippen LogP contribution in [0, 0.1) is 0 Å². The fourth-order valence-electron chi connectivity index (χ4n) is 3.77. The molecule has 0 saturated carbocycles. The minimum atomic E-state index is -1.39. The molecule has 7 nitrogen and oxygen atoms in total. The second-order valence-corrected chi connectivity index (χ2v) is 6.65. The van der Waals surface area contributed by atoms with E-state index in [9.17, 15) is 9.59 Å². The topological polar surface area (TPSA) is 72.0 Å². The van der Waals surface area contributed by atoms with E-state index in [0.717, 1.165) is 11.3 Å². The SMILES string of the molecule is CC(=O)OC1(Cc2ccncc2)C(=O)N(N2CCOCC2)c2ccccc21. The molecule has 4 rings (SSSR count). The number of ether oxygens (including phenoxy) is 2. The number of morpholine rings is 1. The van der Waals surface area contributed by atoms with E-state index in [-0.39, 0.29) is 12.3 Å². The van der Waals surface area contributed by atoms with E-state index in [1.807, 2.05) is 41.4 Å². The highest BCUT2D eigenvalue weighted by Gasteiger charge is 2.55. The third-order valence-corrected chi connectivity index (χ3v) is 4.90. The van der Waals surface area contributed by atoms with Crippen molar-refractivity contribution < 1.29 is 19.1 Å². The van der Waals surface area contributed by atoms with Crippen molar-refractivity contribution >= 4 is 17.6 Å². The molecule has 1 aromatic carbocycles. The van der Waals surface area contributed by atoms with E-state index in [2.05, 4.69) is 4.98 Å². The highest BCUT2D eigenvalue weighted by Crippen LogP contribution is 2.45. The van der Waals surface area contributed by atoms with Crippen molar-refractivity contribution in [3.8, 4) is 0 Å². The molecule has 2 aliphatic rings. The van der Waals surface area contributed by atoms with Crippen molar-refractivity contribution in [2.45, 2.75) is 18.9 Å². The molecule has 27 heavy (non-hydrogen) atoms. The van der Waals surface area contributed by atoms with Gasteiger partial charge in [-0.3, -0.25) is 14.6 Å². The lowest BCUT2D eigenvalue weighted by Gasteiger charge is -2.36. The molecule has 0 spiro atoms. The summed E-state index contributed by atoms with van der Waals surface area (Å²) >= 11 is 0. The summed E-state index contributed by atoms with van der Waals surface area (Å²) in [6.07, 6.45) is 3.59. The molecule has 0 radical (unpaired) electrons. The lowest BCUT2D eigenvalue weighted by molar-refractivity contribution is -0.167. The van der Waals surface area contributed by atoms with Crippen LogP contribution in [0.15, 0.2) is 48.8 Å². The number of fused-ring (bicyclic) bond motifs is 1. The zero-order valence-electron chi connectivity index (χ0n) is 15.1. The zero-order chi connectivity index (χ0) is 18.9. The summed E-state index contributed by atoms with van der Waals surface area (Å²) in [6, 6.07) is 11.2. The summed E-state index contributed by atoms with van der Waals surface area (Å²) in [7, 11) is 0. The first-order valence-corrected chi connectivity index (χ1v) is 8.97. The van der Waals surface area contributed by atoms with Gasteiger partial charge in [0.1, 0.15) is 0 Å². The van der Waals surface area contributed by atoms with Crippen LogP contribution >= 0.6 is 0 Å². The lowest BCUT2D eigenvalue weighted by atomic mass is 9.88. The molecule has 1 unspecified atom stereocenters. The molecule has 2 aromatic rings. The molecule has 1 fully saturated rings. The van der Waals surface area contributed by atoms with Crippen molar-refractivity contribution in [3.05, 3.63) is 59.9 Å². The number of hydrogen-bond acceptors (Lipinski definition) is 6. The summed E-state index contributed by atoms with van der Waals surface area (Å²) in [4.78, 5) is 29.7. The summed E-state index contributed by atoms with van der Waals surface area (Å²) in [5, 5.41) is 3.62. The molecule has 0 bridgehead atoms. The first-order valence-electron chi connectivity index (χ1n) is 8.97. The molecular formula is C20H21N3O4. The number of hydrazine groups is 1. The molecule has 7 heteroatoms. The summed E-state index contributed by atoms with van der Waals surface area (Å²) in [5.74, 6) is -0.742. The largest absolute Gasteiger partial charge is 0.444 e. The Morgan fingerprint density at radius 1 is 1.19 bits per heavy atom. The van der Waals surface area contributed by atoms with Crippen molar-refractivity contribution in [3.63, 3.8) is 0 Å². The number of anilines is 1. The van der Waals surface area contributed by atoms with Gasteiger partial charge < -0.3 is 9.47 Å². The van der Waals surface area contributed by atoms with Crippen molar-refractivity contribution in [1.29, 1.82) is 0 Å². The number of amides is 1. The van der Waals surface area contributed by atoms with Gasteiger partial charge in [-0.25, -0.2) is 10.0 Å². The average molecular weight is 367 g/mol. The predicted molar refractivity (Wildman–Crippen MR) is 97.7 cm³/mol. The number of aromatic nitrogens is 1. The number of nitrogens with zero attached hydrogens (tertiary/aromatic N) is 3. The van der Waals surface area contributed by atoms with Gasteiger partial charge in [-0.05, 0) is 23.8 Å². The smallest absolute Gasteiger partial charge is 0.304 e. The second-order valence-electron chi connectivity index (χ2n) is 6.65. The Morgan fingerprint density at radius 3 is 2.59 bits per heavy atom. The van der Waals surface area contributed by atoms with Crippen molar-refractivity contribution in [2.75, 3.05) is 31.3 Å². The Morgan fingerprint density at radius 2 is 1.89 bits per heavy atom. The van der Waals surface area contributed by atoms with E-state index >= 15 is 0 Å². The highest BCUT2D eigenvalue weighted by atomic mass is 16.6. The number of pyridine rings is 1. The molecule has 0 aliphatic carbocycles. The molecule has 1 saturated heterocycles. The van der Waals surface area contributed by atoms with Gasteiger partial charge in [0, 0.05) is 44.4 Å². The third-order valence-electron chi connectivity index (χ3n) is 4.90. The number of carbonyl (C=O) groups is 2. The van der Waals surface area contributed by atoms with Gasteiger partial charge in [-0.2, -0.15) is 0 Å². The lowest BCUT2D eigenvalue weighted by Crippen LogP contribution is -2.55. The van der Waals surface area contributed by atoms with Crippen LogP contribution in [0.5, 0.6) is 0 Å². The van der Waals surface area contributed by atoms with Crippen LogP contribution < -0.4 is 5.01 Å². The number of hydrogen-bond donors (Lipinski definition) is 0. The van der Waals surface area contributed by atoms with E-state index in [1.165, 1.54) is 6.92 Å². The highest BCUT2D eigenvalue weighted by molar-refractivity contribution is 6.07. The molecular weight excluding hydrogens is 346 g/mol. The maximum Gasteiger partial charge on any atom is 0.304 e. The second kappa shape index (κ2) is 7.09. The van der Waals surface area contributed by atoms with Gasteiger partial charge in [0.25, 0.3) is 5.91 Å². The zero-order valence-corrected chi connectivity index (χ0v) is 15.1. The Kier molecular flexibility index (Phi) is 4.63. The minimum Gasteiger partial charge on any atom is -0.444 e. The fraction of sp³-hybridized carbons (Fsp3) is 0.350. The van der Waals surface area contributed by atoms with Crippen molar-refractivity contribution in [1.82, 2.24) is 9.99 Å².